The van der Waals surface area contributed by atoms with Crippen LogP contribution in [0.5, 0.6) is 0 Å². The second-order valence-corrected chi connectivity index (χ2v) is 6.94. The van der Waals surface area contributed by atoms with Crippen molar-refractivity contribution in [2.75, 3.05) is 19.7 Å². The van der Waals surface area contributed by atoms with E-state index in [-0.39, 0.29) is 18.9 Å². The zero-order chi connectivity index (χ0) is 21.7. The van der Waals surface area contributed by atoms with Crippen LogP contribution in [0.4, 0.5) is 0 Å². The number of carbonyl (C=O) groups excluding carboxylic acids is 3. The molecule has 28 heavy (non-hydrogen) atoms. The Morgan fingerprint density at radius 2 is 1.64 bits per heavy atom. The van der Waals surface area contributed by atoms with Crippen LogP contribution < -0.4 is 27.4 Å². The first-order valence-electron chi connectivity index (χ1n) is 9.29. The maximum absolute atomic E-state index is 12.3. The van der Waals surface area contributed by atoms with Crippen molar-refractivity contribution in [2.24, 2.45) is 17.4 Å². The smallest absolute Gasteiger partial charge is 0.328 e. The molecule has 0 bridgehead atoms. The summed E-state index contributed by atoms with van der Waals surface area (Å²) in [5.41, 5.74) is 11.2. The van der Waals surface area contributed by atoms with E-state index in [9.17, 15) is 19.2 Å². The number of rotatable bonds is 14. The fourth-order valence-corrected chi connectivity index (χ4v) is 2.38. The lowest BCUT2D eigenvalue weighted by atomic mass is 10.0. The SMILES string of the molecule is CC(C)CC(N)C(=O)NCC(=O)NC(CCCCN)C(=O)NC(CO)C(=O)O. The fraction of sp³-hybridized carbons (Fsp3) is 0.765. The number of carboxylic acid groups (broad SMARTS) is 1. The largest absolute Gasteiger partial charge is 0.480 e. The number of carboxylic acids is 1. The minimum atomic E-state index is -1.48. The van der Waals surface area contributed by atoms with Crippen molar-refractivity contribution in [1.82, 2.24) is 16.0 Å². The second-order valence-electron chi connectivity index (χ2n) is 6.94. The molecule has 0 rings (SSSR count). The maximum atomic E-state index is 12.3. The van der Waals surface area contributed by atoms with E-state index < -0.39 is 48.4 Å². The van der Waals surface area contributed by atoms with Crippen molar-refractivity contribution in [3.63, 3.8) is 0 Å². The molecule has 0 heterocycles. The van der Waals surface area contributed by atoms with E-state index in [1.807, 2.05) is 13.8 Å². The maximum Gasteiger partial charge on any atom is 0.328 e. The Labute approximate surface area is 164 Å². The lowest BCUT2D eigenvalue weighted by Gasteiger charge is -2.21. The molecule has 0 aromatic rings. The Balaban J connectivity index is 4.75. The Morgan fingerprint density at radius 3 is 2.14 bits per heavy atom. The zero-order valence-electron chi connectivity index (χ0n) is 16.4. The summed E-state index contributed by atoms with van der Waals surface area (Å²) >= 11 is 0. The number of hydrogen-bond donors (Lipinski definition) is 7. The molecule has 3 amide bonds. The molecule has 0 saturated heterocycles. The van der Waals surface area contributed by atoms with Gasteiger partial charge in [0.1, 0.15) is 12.1 Å². The highest BCUT2D eigenvalue weighted by atomic mass is 16.4. The molecule has 0 fully saturated rings. The van der Waals surface area contributed by atoms with E-state index in [1.54, 1.807) is 0 Å². The number of nitrogens with two attached hydrogens (primary N) is 2. The summed E-state index contributed by atoms with van der Waals surface area (Å²) in [5, 5.41) is 25.0. The Kier molecular flexibility index (Phi) is 12.7. The van der Waals surface area contributed by atoms with Crippen LogP contribution >= 0.6 is 0 Å². The fourth-order valence-electron chi connectivity index (χ4n) is 2.38. The molecule has 11 nitrogen and oxygen atoms in total. The van der Waals surface area contributed by atoms with Crippen molar-refractivity contribution in [3.8, 4) is 0 Å². The number of nitrogens with one attached hydrogen (secondary N) is 3. The number of aliphatic hydroxyl groups is 1. The third-order valence-corrected chi connectivity index (χ3v) is 3.88. The zero-order valence-corrected chi connectivity index (χ0v) is 16.4. The van der Waals surface area contributed by atoms with Gasteiger partial charge in [0.15, 0.2) is 0 Å². The van der Waals surface area contributed by atoms with Crippen molar-refractivity contribution in [2.45, 2.75) is 57.7 Å². The van der Waals surface area contributed by atoms with E-state index in [1.165, 1.54) is 0 Å². The van der Waals surface area contributed by atoms with Gasteiger partial charge in [0.25, 0.3) is 0 Å². The van der Waals surface area contributed by atoms with Gasteiger partial charge in [-0.1, -0.05) is 13.8 Å². The van der Waals surface area contributed by atoms with Gasteiger partial charge in [-0.15, -0.1) is 0 Å². The highest BCUT2D eigenvalue weighted by molar-refractivity contribution is 5.92. The summed E-state index contributed by atoms with van der Waals surface area (Å²) in [6, 6.07) is -3.24. The number of aliphatic hydroxyl groups excluding tert-OH is 1. The van der Waals surface area contributed by atoms with Gasteiger partial charge in [0, 0.05) is 0 Å². The van der Waals surface area contributed by atoms with Gasteiger partial charge in [-0.3, -0.25) is 14.4 Å². The molecule has 9 N–H and O–H groups in total. The topological polar surface area (TPSA) is 197 Å². The normalized spacial score (nSPS) is 14.1. The van der Waals surface area contributed by atoms with E-state index >= 15 is 0 Å². The first-order valence-corrected chi connectivity index (χ1v) is 9.29. The molecule has 0 aliphatic heterocycles. The van der Waals surface area contributed by atoms with Crippen molar-refractivity contribution in [3.05, 3.63) is 0 Å². The number of amides is 3. The minimum Gasteiger partial charge on any atom is -0.480 e. The molecule has 162 valence electrons. The number of aliphatic carboxylic acids is 1. The molecule has 11 heteroatoms. The van der Waals surface area contributed by atoms with Gasteiger partial charge in [0.2, 0.25) is 17.7 Å². The first-order chi connectivity index (χ1) is 13.1. The molecule has 3 atom stereocenters. The highest BCUT2D eigenvalue weighted by Crippen LogP contribution is 2.03. The van der Waals surface area contributed by atoms with E-state index in [4.69, 9.17) is 21.7 Å². The van der Waals surface area contributed by atoms with E-state index in [2.05, 4.69) is 16.0 Å². The summed E-state index contributed by atoms with van der Waals surface area (Å²) in [6.45, 7) is 3.09. The first kappa shape index (κ1) is 25.8. The van der Waals surface area contributed by atoms with Gasteiger partial charge in [-0.2, -0.15) is 0 Å². The van der Waals surface area contributed by atoms with Gasteiger partial charge < -0.3 is 37.6 Å². The third-order valence-electron chi connectivity index (χ3n) is 3.88. The summed E-state index contributed by atoms with van der Waals surface area (Å²) in [5.74, 6) is -3.00. The van der Waals surface area contributed by atoms with Crippen molar-refractivity contribution >= 4 is 23.7 Å². The average Bonchev–Trinajstić information content (AvgIpc) is 2.62. The molecular weight excluding hydrogens is 370 g/mol. The molecule has 0 aromatic heterocycles. The van der Waals surface area contributed by atoms with Crippen LogP contribution in [0.25, 0.3) is 0 Å². The van der Waals surface area contributed by atoms with Crippen LogP contribution in [0.1, 0.15) is 39.5 Å². The van der Waals surface area contributed by atoms with Crippen LogP contribution in [-0.2, 0) is 19.2 Å². The third kappa shape index (κ3) is 10.8. The molecule has 0 aliphatic rings. The lowest BCUT2D eigenvalue weighted by Crippen LogP contribution is -2.54. The standard InChI is InChI=1S/C17H33N5O6/c1-10(2)7-11(19)15(25)20-8-14(24)21-12(5-3-4-6-18)16(26)22-13(9-23)17(27)28/h10-13,23H,3-9,18-19H2,1-2H3,(H,20,25)(H,21,24)(H,22,26)(H,27,28). The summed E-state index contributed by atoms with van der Waals surface area (Å²) < 4.78 is 0. The molecule has 3 unspecified atom stereocenters. The molecule has 0 aliphatic carbocycles. The molecule has 0 radical (unpaired) electrons. The summed E-state index contributed by atoms with van der Waals surface area (Å²) in [7, 11) is 0. The van der Waals surface area contributed by atoms with Gasteiger partial charge >= 0.3 is 5.97 Å². The van der Waals surface area contributed by atoms with Gasteiger partial charge in [-0.05, 0) is 38.1 Å². The van der Waals surface area contributed by atoms with E-state index in [0.717, 1.165) is 0 Å². The Bertz CT molecular complexity index is 528. The lowest BCUT2D eigenvalue weighted by molar-refractivity contribution is -0.143. The summed E-state index contributed by atoms with van der Waals surface area (Å²) in [6.07, 6.45) is 1.84. The highest BCUT2D eigenvalue weighted by Gasteiger charge is 2.26. The van der Waals surface area contributed by atoms with Gasteiger partial charge in [0.05, 0.1) is 19.2 Å². The molecular formula is C17H33N5O6. The van der Waals surface area contributed by atoms with Crippen molar-refractivity contribution in [1.29, 1.82) is 0 Å². The minimum absolute atomic E-state index is 0.221. The van der Waals surface area contributed by atoms with Crippen LogP contribution in [0.15, 0.2) is 0 Å². The molecule has 0 spiro atoms. The molecule has 0 saturated carbocycles. The number of carbonyl (C=O) groups is 4. The van der Waals surface area contributed by atoms with Crippen molar-refractivity contribution < 1.29 is 29.4 Å². The number of hydrogen-bond acceptors (Lipinski definition) is 7. The monoisotopic (exact) mass is 403 g/mol. The second kappa shape index (κ2) is 13.9. The summed E-state index contributed by atoms with van der Waals surface area (Å²) in [4.78, 5) is 47.2. The average molecular weight is 403 g/mol. The Morgan fingerprint density at radius 1 is 1.00 bits per heavy atom. The van der Waals surface area contributed by atoms with Crippen LogP contribution in [0, 0.1) is 5.92 Å². The predicted molar refractivity (Wildman–Crippen MR) is 102 cm³/mol. The molecule has 0 aromatic carbocycles. The van der Waals surface area contributed by atoms with E-state index in [0.29, 0.717) is 25.8 Å². The number of unbranched alkanes of at least 4 members (excludes halogenated alkanes) is 1. The quantitative estimate of drug-likeness (QED) is 0.156. The van der Waals surface area contributed by atoms with Crippen LogP contribution in [0.3, 0.4) is 0 Å². The van der Waals surface area contributed by atoms with Crippen LogP contribution in [-0.4, -0.2) is 71.7 Å². The predicted octanol–water partition coefficient (Wildman–Crippen LogP) is -2.35. The van der Waals surface area contributed by atoms with Crippen LogP contribution in [0.2, 0.25) is 0 Å². The Hall–Kier alpha value is -2.24. The van der Waals surface area contributed by atoms with Gasteiger partial charge in [-0.25, -0.2) is 4.79 Å².